The molecule has 1 aliphatic heterocycles. The molecular formula is C18H14N2. The van der Waals surface area contributed by atoms with Crippen molar-refractivity contribution in [2.45, 2.75) is 6.92 Å². The third-order valence-corrected chi connectivity index (χ3v) is 3.90. The number of amidine groups is 1. The molecule has 0 atom stereocenters. The third kappa shape index (κ3) is 1.48. The van der Waals surface area contributed by atoms with Gasteiger partial charge in [0, 0.05) is 10.9 Å². The quantitative estimate of drug-likeness (QED) is 0.699. The summed E-state index contributed by atoms with van der Waals surface area (Å²) in [5.74, 6) is 0.617. The Bertz CT molecular complexity index is 858. The van der Waals surface area contributed by atoms with Crippen LogP contribution in [0.15, 0.2) is 59.6 Å². The Morgan fingerprint density at radius 1 is 0.850 bits per heavy atom. The van der Waals surface area contributed by atoms with Gasteiger partial charge in [-0.25, -0.2) is 4.99 Å². The summed E-state index contributed by atoms with van der Waals surface area (Å²) in [7, 11) is 0. The highest BCUT2D eigenvalue weighted by atomic mass is 14.9. The lowest BCUT2D eigenvalue weighted by Gasteiger charge is -2.09. The molecule has 0 saturated heterocycles. The number of hydrogen-bond acceptors (Lipinski definition) is 2. The first-order chi connectivity index (χ1) is 9.74. The van der Waals surface area contributed by atoms with Crippen LogP contribution >= 0.6 is 0 Å². The summed E-state index contributed by atoms with van der Waals surface area (Å²) in [6.07, 6.45) is 0. The zero-order valence-corrected chi connectivity index (χ0v) is 11.2. The monoisotopic (exact) mass is 258 g/mol. The minimum atomic E-state index is 0.617. The second kappa shape index (κ2) is 3.94. The van der Waals surface area contributed by atoms with Crippen molar-refractivity contribution in [1.29, 1.82) is 0 Å². The molecular weight excluding hydrogens is 244 g/mol. The van der Waals surface area contributed by atoms with Gasteiger partial charge in [-0.15, -0.1) is 0 Å². The molecule has 0 unspecified atom stereocenters. The van der Waals surface area contributed by atoms with Crippen molar-refractivity contribution in [2.75, 3.05) is 0 Å². The summed E-state index contributed by atoms with van der Waals surface area (Å²) >= 11 is 0. The van der Waals surface area contributed by atoms with Crippen molar-refractivity contribution in [2.24, 2.45) is 10.7 Å². The molecule has 0 radical (unpaired) electrons. The van der Waals surface area contributed by atoms with Crippen LogP contribution in [0.5, 0.6) is 0 Å². The van der Waals surface area contributed by atoms with E-state index in [0.717, 1.165) is 11.3 Å². The summed E-state index contributed by atoms with van der Waals surface area (Å²) in [4.78, 5) is 4.44. The van der Waals surface area contributed by atoms with E-state index in [0.29, 0.717) is 5.84 Å². The lowest BCUT2D eigenvalue weighted by atomic mass is 9.94. The van der Waals surface area contributed by atoms with Gasteiger partial charge in [-0.2, -0.15) is 0 Å². The van der Waals surface area contributed by atoms with Gasteiger partial charge in [-0.3, -0.25) is 0 Å². The minimum Gasteiger partial charge on any atom is -0.383 e. The molecule has 0 aromatic heterocycles. The van der Waals surface area contributed by atoms with Crippen LogP contribution in [0.25, 0.3) is 21.9 Å². The maximum atomic E-state index is 6.00. The average Bonchev–Trinajstić information content (AvgIpc) is 2.79. The van der Waals surface area contributed by atoms with Gasteiger partial charge in [-0.05, 0) is 35.6 Å². The summed E-state index contributed by atoms with van der Waals surface area (Å²) < 4.78 is 0. The van der Waals surface area contributed by atoms with Gasteiger partial charge in [0.25, 0.3) is 0 Å². The standard InChI is InChI=1S/C18H14N2/c1-11-5-7-12(8-6-11)13-9-10-15-17-14(13)3-2-4-16(17)20-18(15)19/h2-10H,1H3,(H2,19,20). The fraction of sp³-hybridized carbons (Fsp3) is 0.0556. The van der Waals surface area contributed by atoms with E-state index in [1.54, 1.807) is 0 Å². The van der Waals surface area contributed by atoms with Crippen LogP contribution in [-0.4, -0.2) is 5.84 Å². The second-order valence-electron chi connectivity index (χ2n) is 5.22. The van der Waals surface area contributed by atoms with Gasteiger partial charge >= 0.3 is 0 Å². The molecule has 3 aromatic carbocycles. The number of benzene rings is 3. The predicted molar refractivity (Wildman–Crippen MR) is 84.5 cm³/mol. The van der Waals surface area contributed by atoms with Crippen LogP contribution in [0, 0.1) is 6.92 Å². The number of nitrogens with two attached hydrogens (primary N) is 1. The average molecular weight is 258 g/mol. The zero-order valence-electron chi connectivity index (χ0n) is 11.2. The van der Waals surface area contributed by atoms with Gasteiger partial charge in [0.2, 0.25) is 0 Å². The van der Waals surface area contributed by atoms with E-state index >= 15 is 0 Å². The summed E-state index contributed by atoms with van der Waals surface area (Å²) in [6, 6.07) is 19.0. The van der Waals surface area contributed by atoms with Gasteiger partial charge < -0.3 is 5.73 Å². The zero-order chi connectivity index (χ0) is 13.7. The molecule has 3 aromatic rings. The first-order valence-corrected chi connectivity index (χ1v) is 6.71. The van der Waals surface area contributed by atoms with E-state index in [1.165, 1.54) is 27.5 Å². The highest BCUT2D eigenvalue weighted by Gasteiger charge is 2.17. The molecule has 1 aliphatic rings. The third-order valence-electron chi connectivity index (χ3n) is 3.90. The highest BCUT2D eigenvalue weighted by molar-refractivity contribution is 6.20. The van der Waals surface area contributed by atoms with Gasteiger partial charge in [0.15, 0.2) is 0 Å². The van der Waals surface area contributed by atoms with E-state index in [9.17, 15) is 0 Å². The number of aliphatic imine (C=N–C) groups is 1. The van der Waals surface area contributed by atoms with Crippen LogP contribution in [0.3, 0.4) is 0 Å². The van der Waals surface area contributed by atoms with Gasteiger partial charge in [-0.1, -0.05) is 48.0 Å². The molecule has 0 fully saturated rings. The SMILES string of the molecule is Cc1ccc(-c2ccc3c4c(cccc24)N=C3N)cc1. The Hall–Kier alpha value is -2.61. The molecule has 2 heteroatoms. The van der Waals surface area contributed by atoms with E-state index in [-0.39, 0.29) is 0 Å². The van der Waals surface area contributed by atoms with Crippen LogP contribution in [0.2, 0.25) is 0 Å². The lowest BCUT2D eigenvalue weighted by Crippen LogP contribution is -2.09. The van der Waals surface area contributed by atoms with Crippen molar-refractivity contribution in [3.05, 3.63) is 65.7 Å². The largest absolute Gasteiger partial charge is 0.383 e. The Labute approximate surface area is 117 Å². The molecule has 0 aliphatic carbocycles. The maximum Gasteiger partial charge on any atom is 0.132 e. The molecule has 0 bridgehead atoms. The first kappa shape index (κ1) is 11.2. The van der Waals surface area contributed by atoms with Crippen molar-refractivity contribution < 1.29 is 0 Å². The Kier molecular flexibility index (Phi) is 2.21. The normalized spacial score (nSPS) is 12.8. The van der Waals surface area contributed by atoms with Gasteiger partial charge in [0.1, 0.15) is 5.84 Å². The Morgan fingerprint density at radius 2 is 1.60 bits per heavy atom. The van der Waals surface area contributed by atoms with Crippen molar-refractivity contribution in [3.63, 3.8) is 0 Å². The molecule has 20 heavy (non-hydrogen) atoms. The molecule has 4 rings (SSSR count). The van der Waals surface area contributed by atoms with E-state index in [2.05, 4.69) is 54.4 Å². The smallest absolute Gasteiger partial charge is 0.132 e. The van der Waals surface area contributed by atoms with Crippen LogP contribution in [-0.2, 0) is 0 Å². The molecule has 0 spiro atoms. The molecule has 0 amide bonds. The number of aryl methyl sites for hydroxylation is 1. The topological polar surface area (TPSA) is 38.4 Å². The molecule has 96 valence electrons. The number of rotatable bonds is 1. The minimum absolute atomic E-state index is 0.617. The lowest BCUT2D eigenvalue weighted by molar-refractivity contribution is 1.47. The van der Waals surface area contributed by atoms with E-state index in [4.69, 9.17) is 5.73 Å². The van der Waals surface area contributed by atoms with Crippen LogP contribution in [0.1, 0.15) is 11.1 Å². The van der Waals surface area contributed by atoms with Crippen molar-refractivity contribution >= 4 is 22.3 Å². The molecule has 1 heterocycles. The second-order valence-corrected chi connectivity index (χ2v) is 5.22. The summed E-state index contributed by atoms with van der Waals surface area (Å²) in [5, 5.41) is 2.39. The fourth-order valence-corrected chi connectivity index (χ4v) is 2.87. The Morgan fingerprint density at radius 3 is 2.40 bits per heavy atom. The van der Waals surface area contributed by atoms with Crippen LogP contribution in [0.4, 0.5) is 5.69 Å². The Balaban J connectivity index is 2.05. The molecule has 2 nitrogen and oxygen atoms in total. The maximum absolute atomic E-state index is 6.00. The summed E-state index contributed by atoms with van der Waals surface area (Å²) in [6.45, 7) is 2.10. The molecule has 0 saturated carbocycles. The molecule has 2 N–H and O–H groups in total. The number of hydrogen-bond donors (Lipinski definition) is 1. The first-order valence-electron chi connectivity index (χ1n) is 6.71. The van der Waals surface area contributed by atoms with E-state index in [1.807, 2.05) is 12.1 Å². The predicted octanol–water partition coefficient (Wildman–Crippen LogP) is 4.17. The highest BCUT2D eigenvalue weighted by Crippen LogP contribution is 2.39. The summed E-state index contributed by atoms with van der Waals surface area (Å²) in [5.41, 5.74) is 11.8. The van der Waals surface area contributed by atoms with Crippen LogP contribution < -0.4 is 5.73 Å². The van der Waals surface area contributed by atoms with E-state index < -0.39 is 0 Å². The van der Waals surface area contributed by atoms with Crippen molar-refractivity contribution in [3.8, 4) is 11.1 Å². The van der Waals surface area contributed by atoms with Gasteiger partial charge in [0.05, 0.1) is 5.69 Å². The van der Waals surface area contributed by atoms with Crippen molar-refractivity contribution in [1.82, 2.24) is 0 Å². The fourth-order valence-electron chi connectivity index (χ4n) is 2.87. The number of nitrogens with zero attached hydrogens (tertiary/aromatic N) is 1.